The minimum Gasteiger partial charge on any atom is -0.479 e. The van der Waals surface area contributed by atoms with E-state index in [1.54, 1.807) is 0 Å². The Kier molecular flexibility index (Phi) is 15.5. The number of hydrogen-bond acceptors (Lipinski definition) is 21. The molecule has 9 rings (SSSR count). The number of fused-ring (bicyclic) bond motifs is 7. The summed E-state index contributed by atoms with van der Waals surface area (Å²) in [6, 6.07) is 0. The summed E-state index contributed by atoms with van der Waals surface area (Å²) in [5.41, 5.74) is -1.30. The summed E-state index contributed by atoms with van der Waals surface area (Å²) in [4.78, 5) is 27.6. The minimum atomic E-state index is -2.03. The molecule has 0 unspecified atom stereocenters. The number of carboxylic acids is 1. The predicted molar refractivity (Wildman–Crippen MR) is 251 cm³/mol. The van der Waals surface area contributed by atoms with Gasteiger partial charge in [-0.1, -0.05) is 60.1 Å². The van der Waals surface area contributed by atoms with Crippen molar-refractivity contribution in [3.05, 3.63) is 11.6 Å². The molecule has 0 aromatic rings. The molecule has 4 saturated heterocycles. The van der Waals surface area contributed by atoms with Crippen LogP contribution in [-0.4, -0.2) is 210 Å². The minimum absolute atomic E-state index is 0.0323. The van der Waals surface area contributed by atoms with E-state index in [0.717, 1.165) is 32.1 Å². The zero-order valence-corrected chi connectivity index (χ0v) is 43.4. The van der Waals surface area contributed by atoms with Gasteiger partial charge in [0.05, 0.1) is 31.3 Å². The topological polar surface area (TPSA) is 351 Å². The van der Waals surface area contributed by atoms with Crippen molar-refractivity contribution in [3.8, 4) is 0 Å². The van der Waals surface area contributed by atoms with Gasteiger partial charge in [-0.3, -0.25) is 4.79 Å². The average molecular weight is 1060 g/mol. The maximum absolute atomic E-state index is 14.8. The first-order chi connectivity index (χ1) is 34.6. The third kappa shape index (κ3) is 9.12. The van der Waals surface area contributed by atoms with E-state index in [9.17, 15) is 70.9 Å². The van der Waals surface area contributed by atoms with Crippen molar-refractivity contribution in [3.63, 3.8) is 0 Å². The first kappa shape index (κ1) is 56.7. The molecule has 4 aliphatic heterocycles. The van der Waals surface area contributed by atoms with Crippen molar-refractivity contribution >= 4 is 11.9 Å². The Bertz CT molecular complexity index is 2090. The van der Waals surface area contributed by atoms with Crippen LogP contribution in [0.2, 0.25) is 0 Å². The molecule has 74 heavy (non-hydrogen) atoms. The monoisotopic (exact) mass is 1060 g/mol. The molecule has 12 N–H and O–H groups in total. The molecule has 422 valence electrons. The summed E-state index contributed by atoms with van der Waals surface area (Å²) in [5.74, 6) is -2.11. The van der Waals surface area contributed by atoms with Crippen LogP contribution in [0.5, 0.6) is 0 Å². The van der Waals surface area contributed by atoms with Crippen molar-refractivity contribution in [1.82, 2.24) is 0 Å². The van der Waals surface area contributed by atoms with Crippen molar-refractivity contribution in [2.75, 3.05) is 19.8 Å². The van der Waals surface area contributed by atoms with Crippen molar-refractivity contribution in [2.45, 2.75) is 229 Å². The van der Waals surface area contributed by atoms with Crippen LogP contribution in [0.1, 0.15) is 113 Å². The third-order valence-electron chi connectivity index (χ3n) is 20.6. The van der Waals surface area contributed by atoms with E-state index in [4.69, 9.17) is 37.9 Å². The molecule has 0 bridgehead atoms. The van der Waals surface area contributed by atoms with E-state index in [-0.39, 0.29) is 39.4 Å². The quantitative estimate of drug-likeness (QED) is 0.0734. The zero-order valence-electron chi connectivity index (χ0n) is 43.4. The number of ether oxygens (including phenoxy) is 8. The molecular weight excluding hydrogens is 977 g/mol. The van der Waals surface area contributed by atoms with Crippen LogP contribution in [0.3, 0.4) is 0 Å². The number of rotatable bonds is 10. The molecular formula is C52H82O22. The van der Waals surface area contributed by atoms with Crippen molar-refractivity contribution in [2.24, 2.45) is 50.2 Å². The van der Waals surface area contributed by atoms with Crippen LogP contribution in [0.4, 0.5) is 0 Å². The smallest absolute Gasteiger partial charge is 0.335 e. The lowest BCUT2D eigenvalue weighted by atomic mass is 9.33. The molecule has 26 atom stereocenters. The van der Waals surface area contributed by atoms with Crippen LogP contribution in [0.25, 0.3) is 0 Å². The Labute approximate surface area is 430 Å². The highest BCUT2D eigenvalue weighted by Crippen LogP contribution is 2.76. The van der Waals surface area contributed by atoms with E-state index >= 15 is 0 Å². The number of carboxylic acid groups (broad SMARTS) is 1. The molecule has 5 aliphatic carbocycles. The SMILES string of the molecule is CC1(C)CC[C@]2(C(=O)O[C@@H]3O[C@H](CO)[C@@H](O)[C@H](O)[C@H]3O)CC[C@]3(C)C(=CC[C@@H]4[C@@]5(C)CC[C@H](O[C@@H]6O[C@H](C(=O)O)[C@@H](O)[C@H](O[C@@H]7OC[C@H](O)[C@H](O)[C@H]7O)[C@H]6O[C@@H]6OC[C@@H](O)[C@H](O)[C@H]6O)C(C)(C)[C@@H]5CC[C@]43C)[C@H]2C1. The molecule has 0 radical (unpaired) electrons. The maximum Gasteiger partial charge on any atom is 0.335 e. The molecule has 0 aromatic heterocycles. The van der Waals surface area contributed by atoms with Gasteiger partial charge < -0.3 is 99.2 Å². The highest BCUT2D eigenvalue weighted by molar-refractivity contribution is 5.79. The third-order valence-corrected chi connectivity index (χ3v) is 20.6. The number of carbonyl (C=O) groups excluding carboxylic acids is 1. The molecule has 22 nitrogen and oxygen atoms in total. The van der Waals surface area contributed by atoms with Gasteiger partial charge in [0, 0.05) is 0 Å². The number of esters is 1. The zero-order chi connectivity index (χ0) is 54.0. The van der Waals surface area contributed by atoms with E-state index in [1.807, 2.05) is 0 Å². The first-order valence-electron chi connectivity index (χ1n) is 26.6. The fraction of sp³-hybridized carbons (Fsp3) is 0.923. The predicted octanol–water partition coefficient (Wildman–Crippen LogP) is -0.665. The molecule has 0 spiro atoms. The van der Waals surface area contributed by atoms with Gasteiger partial charge in [0.15, 0.2) is 25.0 Å². The summed E-state index contributed by atoms with van der Waals surface area (Å²) < 4.78 is 48.0. The van der Waals surface area contributed by atoms with E-state index in [0.29, 0.717) is 32.1 Å². The molecule has 8 fully saturated rings. The first-order valence-corrected chi connectivity index (χ1v) is 26.6. The lowest BCUT2D eigenvalue weighted by Gasteiger charge is -2.71. The van der Waals surface area contributed by atoms with Crippen LogP contribution >= 0.6 is 0 Å². The Balaban J connectivity index is 0.991. The van der Waals surface area contributed by atoms with Gasteiger partial charge in [0.1, 0.15) is 79.4 Å². The number of carbonyl (C=O) groups is 2. The average Bonchev–Trinajstić information content (AvgIpc) is 3.34. The Hall–Kier alpha value is -2.04. The van der Waals surface area contributed by atoms with Crippen LogP contribution in [0.15, 0.2) is 11.6 Å². The van der Waals surface area contributed by atoms with Gasteiger partial charge >= 0.3 is 11.9 Å². The van der Waals surface area contributed by atoms with E-state index in [2.05, 4.69) is 54.5 Å². The molecule has 4 saturated carbocycles. The fourth-order valence-corrected chi connectivity index (χ4v) is 15.9. The summed E-state index contributed by atoms with van der Waals surface area (Å²) in [6.07, 6.45) is -22.0. The number of allylic oxidation sites excluding steroid dienone is 2. The second-order valence-corrected chi connectivity index (χ2v) is 25.4. The molecule has 0 amide bonds. The summed E-state index contributed by atoms with van der Waals surface area (Å²) in [5, 5.41) is 127. The van der Waals surface area contributed by atoms with Gasteiger partial charge in [0.2, 0.25) is 6.29 Å². The fourth-order valence-electron chi connectivity index (χ4n) is 15.9. The number of aliphatic hydroxyl groups is 11. The highest BCUT2D eigenvalue weighted by Gasteiger charge is 2.70. The Morgan fingerprint density at radius 1 is 0.622 bits per heavy atom. The van der Waals surface area contributed by atoms with Gasteiger partial charge in [-0.15, -0.1) is 0 Å². The van der Waals surface area contributed by atoms with E-state index < -0.39 is 159 Å². The summed E-state index contributed by atoms with van der Waals surface area (Å²) >= 11 is 0. The normalized spacial score (nSPS) is 53.0. The lowest BCUT2D eigenvalue weighted by Crippen LogP contribution is -2.68. The Morgan fingerprint density at radius 2 is 1.22 bits per heavy atom. The standard InChI is InChI=1S/C52H82O22/c1-47(2)14-16-52(46(66)74-44-36(62)33(59)32(58)26(19-53)69-44)17-15-50(6)22(23(52)18-47)8-9-28-49(5)12-11-29(48(3,4)27(49)10-13-51(28,50)7)70-45-40(73-43-35(61)31(57)25(55)21-68-43)38(37(63)39(72-45)41(64)65)71-42-34(60)30(56)24(54)20-67-42/h8,23-40,42-45,53-63H,9-21H2,1-7H3,(H,64,65)/t23-,24+,25-,26-,27+,28-,29+,30+,31+,32-,33+,34-,35-,36-,37+,38+,39+,40-,42+,43+,44+,45-,49+,50-,51-,52+/m1/s1. The van der Waals surface area contributed by atoms with Crippen molar-refractivity contribution < 1.29 is 109 Å². The maximum atomic E-state index is 14.8. The van der Waals surface area contributed by atoms with Crippen molar-refractivity contribution in [1.29, 1.82) is 0 Å². The number of aliphatic hydroxyl groups excluding tert-OH is 11. The molecule has 0 aromatic carbocycles. The van der Waals surface area contributed by atoms with Crippen LogP contribution < -0.4 is 0 Å². The van der Waals surface area contributed by atoms with Crippen LogP contribution in [0, 0.1) is 50.2 Å². The second kappa shape index (κ2) is 20.3. The van der Waals surface area contributed by atoms with Gasteiger partial charge in [0.25, 0.3) is 0 Å². The van der Waals surface area contributed by atoms with Gasteiger partial charge in [-0.2, -0.15) is 0 Å². The largest absolute Gasteiger partial charge is 0.479 e. The van der Waals surface area contributed by atoms with Gasteiger partial charge in [-0.05, 0) is 109 Å². The molecule has 22 heteroatoms. The van der Waals surface area contributed by atoms with Crippen LogP contribution in [-0.2, 0) is 47.5 Å². The molecule has 9 aliphatic rings. The number of aliphatic carboxylic acids is 1. The lowest BCUT2D eigenvalue weighted by molar-refractivity contribution is -0.386. The summed E-state index contributed by atoms with van der Waals surface area (Å²) in [6.45, 7) is 14.1. The van der Waals surface area contributed by atoms with Gasteiger partial charge in [-0.25, -0.2) is 4.79 Å². The van der Waals surface area contributed by atoms with E-state index in [1.165, 1.54) is 5.57 Å². The molecule has 4 heterocycles. The number of hydrogen-bond donors (Lipinski definition) is 12. The second-order valence-electron chi connectivity index (χ2n) is 25.4. The summed E-state index contributed by atoms with van der Waals surface area (Å²) in [7, 11) is 0. The Morgan fingerprint density at radius 3 is 1.82 bits per heavy atom. The highest BCUT2D eigenvalue weighted by atomic mass is 16.8.